The minimum absolute atomic E-state index is 0.114. The number of ether oxygens (including phenoxy) is 1. The number of para-hydroxylation sites is 1. The van der Waals surface area contributed by atoms with E-state index in [2.05, 4.69) is 5.32 Å². The summed E-state index contributed by atoms with van der Waals surface area (Å²) < 4.78 is 13.4. The molecule has 1 aliphatic carbocycles. The zero-order chi connectivity index (χ0) is 24.4. The Morgan fingerprint density at radius 3 is 2.60 bits per heavy atom. The molecule has 0 spiro atoms. The van der Waals surface area contributed by atoms with Gasteiger partial charge in [-0.1, -0.05) is 37.5 Å². The molecule has 0 bridgehead atoms. The molecule has 7 heteroatoms. The maximum atomic E-state index is 13.9. The molecule has 1 saturated carbocycles. The number of rotatable bonds is 7. The van der Waals surface area contributed by atoms with Gasteiger partial charge in [-0.05, 0) is 57.0 Å². The highest BCUT2D eigenvalue weighted by Crippen LogP contribution is 2.35. The second-order valence-corrected chi connectivity index (χ2v) is 9.68. The van der Waals surface area contributed by atoms with E-state index in [4.69, 9.17) is 9.15 Å². The van der Waals surface area contributed by atoms with Crippen LogP contribution in [0.5, 0.6) is 5.75 Å². The van der Waals surface area contributed by atoms with E-state index in [1.54, 1.807) is 11.2 Å². The lowest BCUT2D eigenvalue weighted by Gasteiger charge is -2.45. The Labute approximate surface area is 206 Å². The van der Waals surface area contributed by atoms with Crippen molar-refractivity contribution in [1.82, 2.24) is 14.8 Å². The van der Waals surface area contributed by atoms with E-state index in [1.807, 2.05) is 66.9 Å². The van der Waals surface area contributed by atoms with E-state index in [-0.39, 0.29) is 24.4 Å². The average Bonchev–Trinajstić information content (AvgIpc) is 3.53. The van der Waals surface area contributed by atoms with Crippen LogP contribution in [0.2, 0.25) is 0 Å². The molecule has 1 fully saturated rings. The normalized spacial score (nSPS) is 20.5. The van der Waals surface area contributed by atoms with E-state index in [0.717, 1.165) is 42.7 Å². The highest BCUT2D eigenvalue weighted by Gasteiger charge is 2.48. The van der Waals surface area contributed by atoms with Crippen LogP contribution in [0.3, 0.4) is 0 Å². The number of benzene rings is 1. The molecule has 3 aromatic rings. The maximum absolute atomic E-state index is 13.9. The number of hydrogen-bond donors (Lipinski definition) is 1. The van der Waals surface area contributed by atoms with Gasteiger partial charge < -0.3 is 23.9 Å². The van der Waals surface area contributed by atoms with Crippen LogP contribution in [0.4, 0.5) is 0 Å². The molecule has 1 aliphatic heterocycles. The summed E-state index contributed by atoms with van der Waals surface area (Å²) in [6.45, 7) is 4.96. The van der Waals surface area contributed by atoms with E-state index < -0.39 is 5.54 Å². The van der Waals surface area contributed by atoms with Crippen LogP contribution in [0.25, 0.3) is 11.5 Å². The maximum Gasteiger partial charge on any atom is 0.271 e. The summed E-state index contributed by atoms with van der Waals surface area (Å²) in [7, 11) is 0. The van der Waals surface area contributed by atoms with Crippen LogP contribution in [-0.4, -0.2) is 39.5 Å². The third kappa shape index (κ3) is 4.35. The second-order valence-electron chi connectivity index (χ2n) is 9.68. The summed E-state index contributed by atoms with van der Waals surface area (Å²) in [5.41, 5.74) is 1.14. The molecule has 7 nitrogen and oxygen atoms in total. The molecule has 2 aromatic heterocycles. The predicted molar refractivity (Wildman–Crippen MR) is 133 cm³/mol. The first-order valence-corrected chi connectivity index (χ1v) is 12.6. The summed E-state index contributed by atoms with van der Waals surface area (Å²) in [4.78, 5) is 29.6. The fourth-order valence-corrected chi connectivity index (χ4v) is 5.35. The second kappa shape index (κ2) is 9.64. The van der Waals surface area contributed by atoms with E-state index in [1.165, 1.54) is 6.42 Å². The van der Waals surface area contributed by atoms with Gasteiger partial charge in [-0.15, -0.1) is 0 Å². The standard InChI is InChI=1S/C28H33N3O4/c1-3-34-24-13-8-7-10-20(24)18-31-26(32)23-16-15-22(25-14-9-17-35-25)30(23)19-28(31,2)27(33)29-21-11-5-4-6-12-21/h7-10,13-17,21H,3-6,11-12,18-19H2,1-2H3,(H,29,33). The SMILES string of the molecule is CCOc1ccccc1CN1C(=O)c2ccc(-c3ccco3)n2CC1(C)C(=O)NC1CCCCC1. The van der Waals surface area contributed by atoms with Gasteiger partial charge in [0.15, 0.2) is 0 Å². The molecule has 1 aromatic carbocycles. The molecular weight excluding hydrogens is 442 g/mol. The van der Waals surface area contributed by atoms with E-state index in [9.17, 15) is 9.59 Å². The van der Waals surface area contributed by atoms with Gasteiger partial charge in [0.1, 0.15) is 22.7 Å². The Morgan fingerprint density at radius 1 is 1.09 bits per heavy atom. The number of nitrogens with zero attached hydrogens (tertiary/aromatic N) is 2. The van der Waals surface area contributed by atoms with Crippen LogP contribution in [0, 0.1) is 0 Å². The topological polar surface area (TPSA) is 76.7 Å². The lowest BCUT2D eigenvalue weighted by molar-refractivity contribution is -0.134. The van der Waals surface area contributed by atoms with Gasteiger partial charge >= 0.3 is 0 Å². The van der Waals surface area contributed by atoms with Crippen molar-refractivity contribution in [2.24, 2.45) is 0 Å². The van der Waals surface area contributed by atoms with Crippen molar-refractivity contribution in [2.45, 2.75) is 70.6 Å². The van der Waals surface area contributed by atoms with Gasteiger partial charge in [0.05, 0.1) is 31.7 Å². The minimum Gasteiger partial charge on any atom is -0.494 e. The summed E-state index contributed by atoms with van der Waals surface area (Å²) in [5, 5.41) is 3.28. The minimum atomic E-state index is -1.08. The number of carbonyl (C=O) groups excluding carboxylic acids is 2. The Bertz CT molecular complexity index is 1190. The van der Waals surface area contributed by atoms with Crippen molar-refractivity contribution in [3.63, 3.8) is 0 Å². The molecule has 1 unspecified atom stereocenters. The first kappa shape index (κ1) is 23.3. The van der Waals surface area contributed by atoms with Crippen LogP contribution >= 0.6 is 0 Å². The number of aromatic nitrogens is 1. The van der Waals surface area contributed by atoms with Crippen LogP contribution in [0.15, 0.2) is 59.2 Å². The zero-order valence-corrected chi connectivity index (χ0v) is 20.5. The van der Waals surface area contributed by atoms with E-state index >= 15 is 0 Å². The lowest BCUT2D eigenvalue weighted by atomic mass is 9.91. The van der Waals surface area contributed by atoms with E-state index in [0.29, 0.717) is 24.6 Å². The smallest absolute Gasteiger partial charge is 0.271 e. The van der Waals surface area contributed by atoms with Gasteiger partial charge in [0.2, 0.25) is 5.91 Å². The molecule has 35 heavy (non-hydrogen) atoms. The Balaban J connectivity index is 1.54. The predicted octanol–water partition coefficient (Wildman–Crippen LogP) is 5.01. The third-order valence-electron chi connectivity index (χ3n) is 7.31. The number of nitrogens with one attached hydrogen (secondary N) is 1. The fourth-order valence-electron chi connectivity index (χ4n) is 5.35. The third-order valence-corrected chi connectivity index (χ3v) is 7.31. The lowest BCUT2D eigenvalue weighted by Crippen LogP contribution is -2.64. The van der Waals surface area contributed by atoms with Gasteiger partial charge in [-0.2, -0.15) is 0 Å². The quantitative estimate of drug-likeness (QED) is 0.521. The Hall–Kier alpha value is -3.48. The Kier molecular flexibility index (Phi) is 6.41. The largest absolute Gasteiger partial charge is 0.494 e. The summed E-state index contributed by atoms with van der Waals surface area (Å²) in [6, 6.07) is 15.3. The molecular formula is C28H33N3O4. The zero-order valence-electron chi connectivity index (χ0n) is 20.5. The van der Waals surface area contributed by atoms with Crippen LogP contribution in [0.1, 0.15) is 62.0 Å². The summed E-state index contributed by atoms with van der Waals surface area (Å²) in [5.74, 6) is 1.11. The molecule has 2 aliphatic rings. The van der Waals surface area contributed by atoms with Crippen molar-refractivity contribution < 1.29 is 18.7 Å². The molecule has 1 N–H and O–H groups in total. The molecule has 1 atom stereocenters. The van der Waals surface area contributed by atoms with Crippen LogP contribution in [-0.2, 0) is 17.9 Å². The van der Waals surface area contributed by atoms with Crippen molar-refractivity contribution in [3.05, 3.63) is 66.1 Å². The first-order chi connectivity index (χ1) is 17.0. The summed E-state index contributed by atoms with van der Waals surface area (Å²) >= 11 is 0. The number of carbonyl (C=O) groups is 2. The number of furan rings is 1. The Morgan fingerprint density at radius 2 is 1.86 bits per heavy atom. The monoisotopic (exact) mass is 475 g/mol. The van der Waals surface area contributed by atoms with Crippen molar-refractivity contribution >= 4 is 11.8 Å². The van der Waals surface area contributed by atoms with Gasteiger partial charge in [-0.3, -0.25) is 9.59 Å². The molecule has 0 saturated heterocycles. The van der Waals surface area contributed by atoms with Crippen molar-refractivity contribution in [2.75, 3.05) is 6.61 Å². The van der Waals surface area contributed by atoms with Gasteiger partial charge in [0, 0.05) is 11.6 Å². The molecule has 3 heterocycles. The highest BCUT2D eigenvalue weighted by atomic mass is 16.5. The van der Waals surface area contributed by atoms with Crippen molar-refractivity contribution in [3.8, 4) is 17.2 Å². The number of fused-ring (bicyclic) bond motifs is 1. The molecule has 5 rings (SSSR count). The fraction of sp³-hybridized carbons (Fsp3) is 0.429. The highest BCUT2D eigenvalue weighted by molar-refractivity contribution is 6.00. The first-order valence-electron chi connectivity index (χ1n) is 12.6. The van der Waals surface area contributed by atoms with Crippen LogP contribution < -0.4 is 10.1 Å². The number of hydrogen-bond acceptors (Lipinski definition) is 4. The number of amides is 2. The average molecular weight is 476 g/mol. The summed E-state index contributed by atoms with van der Waals surface area (Å²) in [6.07, 6.45) is 7.03. The molecule has 2 amide bonds. The molecule has 184 valence electrons. The van der Waals surface area contributed by atoms with Gasteiger partial charge in [0.25, 0.3) is 5.91 Å². The van der Waals surface area contributed by atoms with Crippen molar-refractivity contribution in [1.29, 1.82) is 0 Å². The van der Waals surface area contributed by atoms with Gasteiger partial charge in [-0.25, -0.2) is 0 Å². The molecule has 0 radical (unpaired) electrons.